The molecule has 2 aromatic rings. The zero-order valence-corrected chi connectivity index (χ0v) is 12.8. The van der Waals surface area contributed by atoms with E-state index < -0.39 is 0 Å². The van der Waals surface area contributed by atoms with E-state index in [4.69, 9.17) is 0 Å². The number of rotatable bonds is 3. The highest BCUT2D eigenvalue weighted by Crippen LogP contribution is 2.22. The van der Waals surface area contributed by atoms with Crippen molar-refractivity contribution in [3.05, 3.63) is 35.9 Å². The van der Waals surface area contributed by atoms with Gasteiger partial charge in [-0.15, -0.1) is 0 Å². The number of nitrogens with zero attached hydrogens (tertiary/aromatic N) is 6. The summed E-state index contributed by atoms with van der Waals surface area (Å²) in [5.74, 6) is 1.06. The molecule has 0 amide bonds. The Morgan fingerprint density at radius 2 is 1.64 bits per heavy atom. The monoisotopic (exact) mass is 302 g/mol. The standard InChI is InChI=1S/C15H19FN6/c1-3-12-13(16)15(20-10-18-12)22-6-4-21(5-7-22)14-11(2)8-17-9-19-14/h8-10H,3-7H2,1-2H3. The van der Waals surface area contributed by atoms with Crippen LogP contribution in [0.25, 0.3) is 0 Å². The lowest BCUT2D eigenvalue weighted by molar-refractivity contribution is 0.567. The molecule has 7 heteroatoms. The molecule has 0 aromatic carbocycles. The van der Waals surface area contributed by atoms with Gasteiger partial charge in [0.25, 0.3) is 0 Å². The minimum atomic E-state index is -0.295. The number of hydrogen-bond acceptors (Lipinski definition) is 6. The fraction of sp³-hybridized carbons (Fsp3) is 0.467. The Kier molecular flexibility index (Phi) is 4.13. The number of hydrogen-bond donors (Lipinski definition) is 0. The second-order valence-electron chi connectivity index (χ2n) is 5.31. The van der Waals surface area contributed by atoms with Crippen LogP contribution in [-0.4, -0.2) is 46.1 Å². The number of anilines is 2. The van der Waals surface area contributed by atoms with Crippen LogP contribution < -0.4 is 9.80 Å². The van der Waals surface area contributed by atoms with E-state index in [0.29, 0.717) is 31.0 Å². The van der Waals surface area contributed by atoms with E-state index >= 15 is 0 Å². The Balaban J connectivity index is 1.74. The van der Waals surface area contributed by atoms with Gasteiger partial charge in [-0.05, 0) is 13.3 Å². The summed E-state index contributed by atoms with van der Waals surface area (Å²) in [5, 5.41) is 0. The molecule has 0 N–H and O–H groups in total. The third kappa shape index (κ3) is 2.70. The van der Waals surface area contributed by atoms with Crippen LogP contribution in [0.5, 0.6) is 0 Å². The molecule has 1 saturated heterocycles. The van der Waals surface area contributed by atoms with E-state index in [1.807, 2.05) is 24.9 Å². The van der Waals surface area contributed by atoms with Crippen molar-refractivity contribution in [3.8, 4) is 0 Å². The molecule has 0 spiro atoms. The quantitative estimate of drug-likeness (QED) is 0.858. The Bertz CT molecular complexity index is 654. The fourth-order valence-corrected chi connectivity index (χ4v) is 2.72. The minimum Gasteiger partial charge on any atom is -0.353 e. The van der Waals surface area contributed by atoms with Crippen molar-refractivity contribution in [3.63, 3.8) is 0 Å². The van der Waals surface area contributed by atoms with Crippen molar-refractivity contribution in [1.82, 2.24) is 19.9 Å². The Morgan fingerprint density at radius 3 is 2.27 bits per heavy atom. The SMILES string of the molecule is CCc1ncnc(N2CCN(c3ncncc3C)CC2)c1F. The molecule has 0 atom stereocenters. The van der Waals surface area contributed by atoms with E-state index in [2.05, 4.69) is 24.8 Å². The van der Waals surface area contributed by atoms with Gasteiger partial charge in [0.05, 0.1) is 5.69 Å². The Morgan fingerprint density at radius 1 is 1.00 bits per heavy atom. The van der Waals surface area contributed by atoms with Gasteiger partial charge in [-0.2, -0.15) is 0 Å². The highest BCUT2D eigenvalue weighted by molar-refractivity contribution is 5.48. The first-order valence-corrected chi connectivity index (χ1v) is 7.46. The summed E-state index contributed by atoms with van der Waals surface area (Å²) in [6, 6.07) is 0. The summed E-state index contributed by atoms with van der Waals surface area (Å²) in [6.45, 7) is 6.87. The van der Waals surface area contributed by atoms with Crippen LogP contribution in [0.15, 0.2) is 18.9 Å². The zero-order valence-electron chi connectivity index (χ0n) is 12.8. The van der Waals surface area contributed by atoms with Crippen LogP contribution in [-0.2, 0) is 6.42 Å². The second kappa shape index (κ2) is 6.21. The highest BCUT2D eigenvalue weighted by Gasteiger charge is 2.23. The molecule has 1 aliphatic heterocycles. The lowest BCUT2D eigenvalue weighted by atomic mass is 10.2. The summed E-state index contributed by atoms with van der Waals surface area (Å²) < 4.78 is 14.3. The van der Waals surface area contributed by atoms with Gasteiger partial charge in [0.2, 0.25) is 0 Å². The van der Waals surface area contributed by atoms with Gasteiger partial charge >= 0.3 is 0 Å². The van der Waals surface area contributed by atoms with Crippen LogP contribution in [0.1, 0.15) is 18.2 Å². The molecule has 0 saturated carbocycles. The van der Waals surface area contributed by atoms with Gasteiger partial charge in [0, 0.05) is 37.9 Å². The van der Waals surface area contributed by atoms with Crippen LogP contribution >= 0.6 is 0 Å². The maximum atomic E-state index is 14.3. The van der Waals surface area contributed by atoms with Crippen molar-refractivity contribution >= 4 is 11.6 Å². The Labute approximate surface area is 129 Å². The predicted octanol–water partition coefficient (Wildman–Crippen LogP) is 1.60. The summed E-state index contributed by atoms with van der Waals surface area (Å²) in [6.07, 6.45) is 5.39. The third-order valence-corrected chi connectivity index (χ3v) is 3.92. The number of aryl methyl sites for hydroxylation is 2. The van der Waals surface area contributed by atoms with Crippen molar-refractivity contribution in [2.45, 2.75) is 20.3 Å². The van der Waals surface area contributed by atoms with Crippen molar-refractivity contribution in [1.29, 1.82) is 0 Å². The van der Waals surface area contributed by atoms with Crippen molar-refractivity contribution in [2.24, 2.45) is 0 Å². The molecule has 3 heterocycles. The van der Waals surface area contributed by atoms with Crippen LogP contribution in [0.4, 0.5) is 16.0 Å². The van der Waals surface area contributed by atoms with Gasteiger partial charge in [-0.3, -0.25) is 0 Å². The maximum absolute atomic E-state index is 14.3. The summed E-state index contributed by atoms with van der Waals surface area (Å²) in [4.78, 5) is 20.6. The highest BCUT2D eigenvalue weighted by atomic mass is 19.1. The van der Waals surface area contributed by atoms with Gasteiger partial charge in [-0.1, -0.05) is 6.92 Å². The lowest BCUT2D eigenvalue weighted by Gasteiger charge is -2.36. The number of piperazine rings is 1. The molecule has 0 radical (unpaired) electrons. The van der Waals surface area contributed by atoms with Gasteiger partial charge < -0.3 is 9.80 Å². The largest absolute Gasteiger partial charge is 0.353 e. The predicted molar refractivity (Wildman–Crippen MR) is 82.6 cm³/mol. The first kappa shape index (κ1) is 14.6. The molecular weight excluding hydrogens is 283 g/mol. The van der Waals surface area contributed by atoms with E-state index in [-0.39, 0.29) is 5.82 Å². The van der Waals surface area contributed by atoms with Gasteiger partial charge in [0.1, 0.15) is 18.5 Å². The molecule has 0 bridgehead atoms. The Hall–Kier alpha value is -2.31. The summed E-state index contributed by atoms with van der Waals surface area (Å²) in [7, 11) is 0. The lowest BCUT2D eigenvalue weighted by Crippen LogP contribution is -2.47. The molecule has 1 aliphatic rings. The van der Waals surface area contributed by atoms with Crippen molar-refractivity contribution < 1.29 is 4.39 Å². The molecule has 6 nitrogen and oxygen atoms in total. The van der Waals surface area contributed by atoms with Crippen LogP contribution in [0.2, 0.25) is 0 Å². The molecule has 116 valence electrons. The van der Waals surface area contributed by atoms with Crippen LogP contribution in [0, 0.1) is 12.7 Å². The third-order valence-electron chi connectivity index (χ3n) is 3.92. The normalized spacial score (nSPS) is 15.2. The van der Waals surface area contributed by atoms with E-state index in [0.717, 1.165) is 24.5 Å². The minimum absolute atomic E-state index is 0.295. The summed E-state index contributed by atoms with van der Waals surface area (Å²) >= 11 is 0. The molecule has 2 aromatic heterocycles. The van der Waals surface area contributed by atoms with Gasteiger partial charge in [0.15, 0.2) is 11.6 Å². The van der Waals surface area contributed by atoms with Gasteiger partial charge in [-0.25, -0.2) is 24.3 Å². The molecule has 3 rings (SSSR count). The molecule has 22 heavy (non-hydrogen) atoms. The molecule has 0 unspecified atom stereocenters. The zero-order chi connectivity index (χ0) is 15.5. The first-order chi connectivity index (χ1) is 10.7. The summed E-state index contributed by atoms with van der Waals surface area (Å²) in [5.41, 5.74) is 1.52. The number of halogens is 1. The first-order valence-electron chi connectivity index (χ1n) is 7.46. The van der Waals surface area contributed by atoms with Crippen LogP contribution in [0.3, 0.4) is 0 Å². The molecule has 1 fully saturated rings. The molecular formula is C15H19FN6. The van der Waals surface area contributed by atoms with E-state index in [1.165, 1.54) is 6.33 Å². The fourth-order valence-electron chi connectivity index (χ4n) is 2.72. The van der Waals surface area contributed by atoms with E-state index in [9.17, 15) is 4.39 Å². The van der Waals surface area contributed by atoms with E-state index in [1.54, 1.807) is 6.33 Å². The number of aromatic nitrogens is 4. The maximum Gasteiger partial charge on any atom is 0.187 e. The second-order valence-corrected chi connectivity index (χ2v) is 5.31. The van der Waals surface area contributed by atoms with Crippen molar-refractivity contribution in [2.75, 3.05) is 36.0 Å². The smallest absolute Gasteiger partial charge is 0.187 e. The average molecular weight is 302 g/mol. The topological polar surface area (TPSA) is 58.0 Å². The average Bonchev–Trinajstić information content (AvgIpc) is 2.56. The molecule has 0 aliphatic carbocycles.